The Kier molecular flexibility index (Phi) is 3.28. The Labute approximate surface area is 97.3 Å². The third-order valence-corrected chi connectivity index (χ3v) is 2.62. The first-order valence-electron chi connectivity index (χ1n) is 5.39. The monoisotopic (exact) mass is 246 g/mol. The molecule has 0 aliphatic carbocycles. The van der Waals surface area contributed by atoms with E-state index >= 15 is 0 Å². The van der Waals surface area contributed by atoms with E-state index in [0.717, 1.165) is 6.07 Å². The van der Waals surface area contributed by atoms with Crippen molar-refractivity contribution in [1.29, 1.82) is 0 Å². The predicted molar refractivity (Wildman–Crippen MR) is 56.0 cm³/mol. The molecule has 94 valence electrons. The summed E-state index contributed by atoms with van der Waals surface area (Å²) in [7, 11) is 0. The van der Waals surface area contributed by atoms with Gasteiger partial charge in [-0.3, -0.25) is 0 Å². The first-order valence-corrected chi connectivity index (χ1v) is 5.39. The number of hydrogen-bond donors (Lipinski definition) is 0. The normalized spacial score (nSPS) is 20.6. The van der Waals surface area contributed by atoms with E-state index in [-0.39, 0.29) is 11.9 Å². The van der Waals surface area contributed by atoms with Gasteiger partial charge in [-0.1, -0.05) is 11.6 Å². The third kappa shape index (κ3) is 2.91. The second-order valence-electron chi connectivity index (χ2n) is 4.10. The van der Waals surface area contributed by atoms with Crippen molar-refractivity contribution in [2.45, 2.75) is 25.6 Å². The largest absolute Gasteiger partial charge is 0.487 e. The van der Waals surface area contributed by atoms with Crippen LogP contribution in [0.4, 0.5) is 13.2 Å². The average Bonchev–Trinajstić information content (AvgIpc) is 2.72. The van der Waals surface area contributed by atoms with Crippen LogP contribution in [0.3, 0.4) is 0 Å². The van der Waals surface area contributed by atoms with E-state index in [9.17, 15) is 13.2 Å². The van der Waals surface area contributed by atoms with E-state index in [2.05, 4.69) is 0 Å². The van der Waals surface area contributed by atoms with Crippen molar-refractivity contribution < 1.29 is 22.6 Å². The second kappa shape index (κ2) is 4.56. The van der Waals surface area contributed by atoms with Gasteiger partial charge in [0.1, 0.15) is 11.9 Å². The molecule has 0 amide bonds. The van der Waals surface area contributed by atoms with Gasteiger partial charge in [0.15, 0.2) is 0 Å². The molecule has 2 rings (SSSR count). The van der Waals surface area contributed by atoms with Crippen molar-refractivity contribution in [2.75, 3.05) is 13.2 Å². The highest BCUT2D eigenvalue weighted by molar-refractivity contribution is 5.39. The van der Waals surface area contributed by atoms with Crippen molar-refractivity contribution >= 4 is 0 Å². The molecule has 2 nitrogen and oxygen atoms in total. The number of aryl methyl sites for hydroxylation is 1. The smallest absolute Gasteiger partial charge is 0.419 e. The molecule has 0 N–H and O–H groups in total. The Morgan fingerprint density at radius 3 is 2.71 bits per heavy atom. The van der Waals surface area contributed by atoms with Gasteiger partial charge >= 0.3 is 6.18 Å². The lowest BCUT2D eigenvalue weighted by molar-refractivity contribution is -0.139. The van der Waals surface area contributed by atoms with Crippen LogP contribution in [-0.2, 0) is 10.9 Å². The molecule has 1 saturated heterocycles. The Hall–Kier alpha value is -1.23. The first-order chi connectivity index (χ1) is 7.97. The fourth-order valence-corrected chi connectivity index (χ4v) is 1.75. The second-order valence-corrected chi connectivity index (χ2v) is 4.10. The van der Waals surface area contributed by atoms with Gasteiger partial charge < -0.3 is 9.47 Å². The molecule has 1 fully saturated rings. The van der Waals surface area contributed by atoms with E-state index in [1.807, 2.05) is 0 Å². The molecular formula is C12H13F3O2. The van der Waals surface area contributed by atoms with Crippen LogP contribution in [0.25, 0.3) is 0 Å². The summed E-state index contributed by atoms with van der Waals surface area (Å²) >= 11 is 0. The highest BCUT2D eigenvalue weighted by Crippen LogP contribution is 2.37. The number of alkyl halides is 3. The zero-order valence-corrected chi connectivity index (χ0v) is 9.38. The standard InChI is InChI=1S/C12H13F3O2/c1-8-2-3-11(10(6-8)12(13,14)15)17-9-4-5-16-7-9/h2-3,6,9H,4-5,7H2,1H3/t9-/m1/s1. The molecule has 5 heteroatoms. The quantitative estimate of drug-likeness (QED) is 0.797. The van der Waals surface area contributed by atoms with Crippen LogP contribution in [0.5, 0.6) is 5.75 Å². The predicted octanol–water partition coefficient (Wildman–Crippen LogP) is 3.18. The molecular weight excluding hydrogens is 233 g/mol. The molecule has 0 radical (unpaired) electrons. The minimum atomic E-state index is -4.39. The molecule has 0 aromatic heterocycles. The zero-order valence-electron chi connectivity index (χ0n) is 9.38. The lowest BCUT2D eigenvalue weighted by Crippen LogP contribution is -2.18. The Morgan fingerprint density at radius 2 is 2.12 bits per heavy atom. The molecule has 0 spiro atoms. The van der Waals surface area contributed by atoms with Gasteiger partial charge in [-0.15, -0.1) is 0 Å². The van der Waals surface area contributed by atoms with Crippen LogP contribution >= 0.6 is 0 Å². The minimum Gasteiger partial charge on any atom is -0.487 e. The summed E-state index contributed by atoms with van der Waals surface area (Å²) in [5, 5.41) is 0. The number of benzene rings is 1. The molecule has 0 saturated carbocycles. The van der Waals surface area contributed by atoms with Gasteiger partial charge in [-0.05, 0) is 19.1 Å². The van der Waals surface area contributed by atoms with Gasteiger partial charge in [-0.2, -0.15) is 13.2 Å². The summed E-state index contributed by atoms with van der Waals surface area (Å²) in [4.78, 5) is 0. The average molecular weight is 246 g/mol. The molecule has 0 bridgehead atoms. The zero-order chi connectivity index (χ0) is 12.5. The molecule has 17 heavy (non-hydrogen) atoms. The highest BCUT2D eigenvalue weighted by atomic mass is 19.4. The van der Waals surface area contributed by atoms with Gasteiger partial charge in [0.2, 0.25) is 0 Å². The fourth-order valence-electron chi connectivity index (χ4n) is 1.75. The minimum absolute atomic E-state index is 0.112. The Bertz CT molecular complexity index is 395. The van der Waals surface area contributed by atoms with Crippen LogP contribution in [0.2, 0.25) is 0 Å². The summed E-state index contributed by atoms with van der Waals surface area (Å²) in [5.41, 5.74) is -0.156. The lowest BCUT2D eigenvalue weighted by Gasteiger charge is -2.17. The molecule has 1 atom stereocenters. The summed E-state index contributed by atoms with van der Waals surface area (Å²) in [6, 6.07) is 4.09. The van der Waals surface area contributed by atoms with Gasteiger partial charge in [0, 0.05) is 6.42 Å². The molecule has 1 heterocycles. The van der Waals surface area contributed by atoms with Crippen LogP contribution in [0.1, 0.15) is 17.5 Å². The molecule has 0 unspecified atom stereocenters. The van der Waals surface area contributed by atoms with E-state index < -0.39 is 11.7 Å². The van der Waals surface area contributed by atoms with Crippen molar-refractivity contribution in [2.24, 2.45) is 0 Å². The fraction of sp³-hybridized carbons (Fsp3) is 0.500. The number of ether oxygens (including phenoxy) is 2. The molecule has 1 aromatic rings. The van der Waals surface area contributed by atoms with Crippen molar-refractivity contribution in [3.8, 4) is 5.75 Å². The SMILES string of the molecule is Cc1ccc(O[C@@H]2CCOC2)c(C(F)(F)F)c1. The van der Waals surface area contributed by atoms with Crippen molar-refractivity contribution in [1.82, 2.24) is 0 Å². The number of rotatable bonds is 2. The number of hydrogen-bond acceptors (Lipinski definition) is 2. The van der Waals surface area contributed by atoms with Crippen LogP contribution in [0, 0.1) is 6.92 Å². The Balaban J connectivity index is 2.25. The van der Waals surface area contributed by atoms with Gasteiger partial charge in [0.05, 0.1) is 18.8 Å². The number of halogens is 3. The van der Waals surface area contributed by atoms with Gasteiger partial charge in [-0.25, -0.2) is 0 Å². The molecule has 1 aliphatic rings. The molecule has 1 aliphatic heterocycles. The third-order valence-electron chi connectivity index (χ3n) is 2.62. The summed E-state index contributed by atoms with van der Waals surface area (Å²) in [5.74, 6) is -0.112. The van der Waals surface area contributed by atoms with Gasteiger partial charge in [0.25, 0.3) is 0 Å². The summed E-state index contributed by atoms with van der Waals surface area (Å²) < 4.78 is 48.8. The van der Waals surface area contributed by atoms with Crippen molar-refractivity contribution in [3.05, 3.63) is 29.3 Å². The summed E-state index contributed by atoms with van der Waals surface area (Å²) in [6.07, 6.45) is -4.04. The van der Waals surface area contributed by atoms with E-state index in [1.165, 1.54) is 6.07 Å². The Morgan fingerprint density at radius 1 is 1.35 bits per heavy atom. The van der Waals surface area contributed by atoms with Crippen LogP contribution in [-0.4, -0.2) is 19.3 Å². The topological polar surface area (TPSA) is 18.5 Å². The van der Waals surface area contributed by atoms with Crippen LogP contribution < -0.4 is 4.74 Å². The van der Waals surface area contributed by atoms with E-state index in [1.54, 1.807) is 13.0 Å². The molecule has 1 aromatic carbocycles. The lowest BCUT2D eigenvalue weighted by atomic mass is 10.1. The maximum atomic E-state index is 12.8. The maximum Gasteiger partial charge on any atom is 0.419 e. The van der Waals surface area contributed by atoms with Crippen molar-refractivity contribution in [3.63, 3.8) is 0 Å². The van der Waals surface area contributed by atoms with E-state index in [0.29, 0.717) is 25.2 Å². The first kappa shape index (κ1) is 12.2. The summed E-state index contributed by atoms with van der Waals surface area (Å²) in [6.45, 7) is 2.51. The maximum absolute atomic E-state index is 12.8. The van der Waals surface area contributed by atoms with Crippen LogP contribution in [0.15, 0.2) is 18.2 Å². The highest BCUT2D eigenvalue weighted by Gasteiger charge is 2.35. The van der Waals surface area contributed by atoms with E-state index in [4.69, 9.17) is 9.47 Å².